The maximum atomic E-state index is 11.9. The fourth-order valence-electron chi connectivity index (χ4n) is 2.22. The number of nitrogens with zero attached hydrogens (tertiary/aromatic N) is 3. The van der Waals surface area contributed by atoms with Crippen LogP contribution in [0.1, 0.15) is 18.4 Å². The van der Waals surface area contributed by atoms with Crippen LogP contribution in [0.3, 0.4) is 0 Å². The van der Waals surface area contributed by atoms with Gasteiger partial charge in [0.2, 0.25) is 5.91 Å². The number of rotatable bonds is 9. The van der Waals surface area contributed by atoms with E-state index in [4.69, 9.17) is 4.74 Å². The molecule has 0 atom stereocenters. The molecule has 1 saturated carbocycles. The van der Waals surface area contributed by atoms with E-state index in [1.54, 1.807) is 19.0 Å². The van der Waals surface area contributed by atoms with Crippen molar-refractivity contribution >= 4 is 35.8 Å². The van der Waals surface area contributed by atoms with Crippen molar-refractivity contribution in [3.05, 3.63) is 35.9 Å². The minimum absolute atomic E-state index is 0. The molecule has 0 aromatic heterocycles. The number of nitrogens with one attached hydrogen (secondary N) is 1. The van der Waals surface area contributed by atoms with Gasteiger partial charge in [0.15, 0.2) is 5.96 Å². The van der Waals surface area contributed by atoms with Crippen LogP contribution in [0.5, 0.6) is 0 Å². The Labute approximate surface area is 174 Å². The van der Waals surface area contributed by atoms with Crippen LogP contribution in [-0.2, 0) is 16.1 Å². The Morgan fingerprint density at radius 2 is 1.92 bits per heavy atom. The summed E-state index contributed by atoms with van der Waals surface area (Å²) < 4.78 is 5.71. The number of halogens is 1. The van der Waals surface area contributed by atoms with Crippen molar-refractivity contribution in [1.29, 1.82) is 0 Å². The fourth-order valence-corrected chi connectivity index (χ4v) is 2.22. The second kappa shape index (κ2) is 12.1. The van der Waals surface area contributed by atoms with Crippen LogP contribution in [0.4, 0.5) is 0 Å². The predicted molar refractivity (Wildman–Crippen MR) is 116 cm³/mol. The van der Waals surface area contributed by atoms with Gasteiger partial charge >= 0.3 is 0 Å². The molecule has 26 heavy (non-hydrogen) atoms. The summed E-state index contributed by atoms with van der Waals surface area (Å²) in [5.41, 5.74) is 1.14. The minimum Gasteiger partial charge on any atom is -0.379 e. The Morgan fingerprint density at radius 1 is 1.23 bits per heavy atom. The zero-order valence-corrected chi connectivity index (χ0v) is 18.3. The van der Waals surface area contributed by atoms with Gasteiger partial charge in [0.25, 0.3) is 0 Å². The van der Waals surface area contributed by atoms with E-state index in [-0.39, 0.29) is 36.4 Å². The largest absolute Gasteiger partial charge is 0.379 e. The standard InChI is InChI=1S/C19H30N4O2.HI/c1-22(2)18(24)14-21-19(20-13-16-7-5-4-6-8-16)23(3)11-12-25-15-17-9-10-17;/h4-8,17H,9-15H2,1-3H3,(H,20,21);1H. The molecule has 0 heterocycles. The first-order chi connectivity index (χ1) is 12.1. The van der Waals surface area contributed by atoms with Crippen molar-refractivity contribution in [3.63, 3.8) is 0 Å². The van der Waals surface area contributed by atoms with Gasteiger partial charge in [-0.2, -0.15) is 0 Å². The van der Waals surface area contributed by atoms with E-state index in [1.165, 1.54) is 12.8 Å². The highest BCUT2D eigenvalue weighted by atomic mass is 127. The lowest BCUT2D eigenvalue weighted by Gasteiger charge is -2.23. The van der Waals surface area contributed by atoms with Crippen LogP contribution < -0.4 is 5.32 Å². The zero-order chi connectivity index (χ0) is 18.1. The first-order valence-corrected chi connectivity index (χ1v) is 8.87. The van der Waals surface area contributed by atoms with Gasteiger partial charge in [0, 0.05) is 34.3 Å². The van der Waals surface area contributed by atoms with E-state index in [2.05, 4.69) is 10.3 Å². The molecule has 2 rings (SSSR count). The lowest BCUT2D eigenvalue weighted by molar-refractivity contribution is -0.127. The first kappa shape index (κ1) is 22.7. The Bertz CT molecular complexity index is 562. The van der Waals surface area contributed by atoms with Gasteiger partial charge < -0.3 is 19.9 Å². The maximum Gasteiger partial charge on any atom is 0.241 e. The highest BCUT2D eigenvalue weighted by Gasteiger charge is 2.21. The summed E-state index contributed by atoms with van der Waals surface area (Å²) in [6.07, 6.45) is 2.60. The van der Waals surface area contributed by atoms with E-state index < -0.39 is 0 Å². The molecule has 1 aliphatic rings. The third-order valence-corrected chi connectivity index (χ3v) is 4.13. The zero-order valence-electron chi connectivity index (χ0n) is 16.0. The first-order valence-electron chi connectivity index (χ1n) is 8.87. The van der Waals surface area contributed by atoms with Crippen molar-refractivity contribution in [2.24, 2.45) is 10.9 Å². The normalized spacial score (nSPS) is 13.7. The Hall–Kier alpha value is -1.35. The number of ether oxygens (including phenoxy) is 1. The lowest BCUT2D eigenvalue weighted by atomic mass is 10.2. The van der Waals surface area contributed by atoms with Crippen LogP contribution >= 0.6 is 24.0 Å². The summed E-state index contributed by atoms with van der Waals surface area (Å²) in [7, 11) is 5.47. The molecule has 1 aromatic carbocycles. The summed E-state index contributed by atoms with van der Waals surface area (Å²) in [6.45, 7) is 3.07. The van der Waals surface area contributed by atoms with Crippen molar-refractivity contribution < 1.29 is 9.53 Å². The molecule has 146 valence electrons. The molecular weight excluding hydrogens is 443 g/mol. The summed E-state index contributed by atoms with van der Waals surface area (Å²) in [6, 6.07) is 10.1. The van der Waals surface area contributed by atoms with Crippen LogP contribution in [0, 0.1) is 5.92 Å². The highest BCUT2D eigenvalue weighted by Crippen LogP contribution is 2.28. The number of hydrogen-bond donors (Lipinski definition) is 1. The van der Waals surface area contributed by atoms with Crippen molar-refractivity contribution in [2.75, 3.05) is 47.4 Å². The number of aliphatic imine (C=N–C) groups is 1. The molecule has 0 unspecified atom stereocenters. The van der Waals surface area contributed by atoms with E-state index >= 15 is 0 Å². The monoisotopic (exact) mass is 474 g/mol. The number of carbonyl (C=O) groups is 1. The number of benzene rings is 1. The van der Waals surface area contributed by atoms with Crippen LogP contribution in [0.2, 0.25) is 0 Å². The molecule has 6 nitrogen and oxygen atoms in total. The van der Waals surface area contributed by atoms with Crippen LogP contribution in [0.25, 0.3) is 0 Å². The molecule has 1 amide bonds. The van der Waals surface area contributed by atoms with Gasteiger partial charge in [0.1, 0.15) is 0 Å². The average molecular weight is 474 g/mol. The molecule has 7 heteroatoms. The highest BCUT2D eigenvalue weighted by molar-refractivity contribution is 14.0. The minimum atomic E-state index is 0. The van der Waals surface area contributed by atoms with E-state index in [0.29, 0.717) is 19.1 Å². The lowest BCUT2D eigenvalue weighted by Crippen LogP contribution is -2.44. The molecule has 0 aliphatic heterocycles. The Kier molecular flexibility index (Phi) is 10.6. The third kappa shape index (κ3) is 8.84. The third-order valence-electron chi connectivity index (χ3n) is 4.13. The molecule has 1 aromatic rings. The summed E-state index contributed by atoms with van der Waals surface area (Å²) >= 11 is 0. The number of carbonyl (C=O) groups excluding carboxylic acids is 1. The Balaban J connectivity index is 0.00000338. The van der Waals surface area contributed by atoms with Crippen molar-refractivity contribution in [2.45, 2.75) is 19.4 Å². The molecule has 1 N–H and O–H groups in total. The van der Waals surface area contributed by atoms with Gasteiger partial charge in [-0.25, -0.2) is 4.99 Å². The molecule has 0 saturated heterocycles. The molecule has 0 bridgehead atoms. The quantitative estimate of drug-likeness (QED) is 0.258. The number of guanidine groups is 1. The Morgan fingerprint density at radius 3 is 2.54 bits per heavy atom. The smallest absolute Gasteiger partial charge is 0.241 e. The summed E-state index contributed by atoms with van der Waals surface area (Å²) in [5, 5.41) is 3.16. The summed E-state index contributed by atoms with van der Waals surface area (Å²) in [4.78, 5) is 20.1. The van der Waals surface area contributed by atoms with E-state index in [1.807, 2.05) is 42.3 Å². The maximum absolute atomic E-state index is 11.9. The van der Waals surface area contributed by atoms with E-state index in [9.17, 15) is 4.79 Å². The van der Waals surface area contributed by atoms with Gasteiger partial charge in [0.05, 0.1) is 19.7 Å². The molecule has 0 radical (unpaired) electrons. The molecule has 0 spiro atoms. The van der Waals surface area contributed by atoms with Gasteiger partial charge in [-0.1, -0.05) is 30.3 Å². The second-order valence-electron chi connectivity index (χ2n) is 6.71. The van der Waals surface area contributed by atoms with E-state index in [0.717, 1.165) is 24.6 Å². The van der Waals surface area contributed by atoms with Crippen molar-refractivity contribution in [1.82, 2.24) is 15.1 Å². The van der Waals surface area contributed by atoms with Gasteiger partial charge in [-0.15, -0.1) is 24.0 Å². The van der Waals surface area contributed by atoms with Crippen LogP contribution in [0.15, 0.2) is 35.3 Å². The SMILES string of the molecule is CN(C)C(=O)CNC(=NCc1ccccc1)N(C)CCOCC1CC1.I. The fraction of sp³-hybridized carbons (Fsp3) is 0.579. The van der Waals surface area contributed by atoms with Gasteiger partial charge in [-0.05, 0) is 24.3 Å². The topological polar surface area (TPSA) is 57.2 Å². The predicted octanol–water partition coefficient (Wildman–Crippen LogP) is 2.20. The van der Waals surface area contributed by atoms with Crippen molar-refractivity contribution in [3.8, 4) is 0 Å². The average Bonchev–Trinajstić information content (AvgIpc) is 3.43. The summed E-state index contributed by atoms with van der Waals surface area (Å²) in [5.74, 6) is 1.51. The molecule has 1 aliphatic carbocycles. The van der Waals surface area contributed by atoms with Crippen LogP contribution in [-0.4, -0.2) is 69.1 Å². The van der Waals surface area contributed by atoms with Gasteiger partial charge in [-0.3, -0.25) is 4.79 Å². The second-order valence-corrected chi connectivity index (χ2v) is 6.71. The molecular formula is C19H31IN4O2. The number of likely N-dealkylation sites (N-methyl/N-ethyl adjacent to an activating group) is 2. The number of hydrogen-bond acceptors (Lipinski definition) is 3. The number of amides is 1. The molecule has 1 fully saturated rings.